The summed E-state index contributed by atoms with van der Waals surface area (Å²) in [5.41, 5.74) is 0.0486. The van der Waals surface area contributed by atoms with Gasteiger partial charge in [-0.3, -0.25) is 0 Å². The van der Waals surface area contributed by atoms with Gasteiger partial charge in [-0.05, 0) is 45.0 Å². The molecule has 0 heterocycles. The van der Waals surface area contributed by atoms with E-state index in [9.17, 15) is 4.79 Å². The molecule has 0 N–H and O–H groups in total. The van der Waals surface area contributed by atoms with Crippen molar-refractivity contribution in [1.29, 1.82) is 0 Å². The van der Waals surface area contributed by atoms with Gasteiger partial charge in [-0.2, -0.15) is 0 Å². The van der Waals surface area contributed by atoms with Crippen molar-refractivity contribution < 1.29 is 9.22 Å². The smallest absolute Gasteiger partial charge is 0.261 e. The fourth-order valence-corrected chi connectivity index (χ4v) is 10.5. The van der Waals surface area contributed by atoms with Crippen LogP contribution in [0.1, 0.15) is 61.3 Å². The van der Waals surface area contributed by atoms with Crippen LogP contribution in [0.4, 0.5) is 0 Å². The molecule has 3 heteroatoms. The van der Waals surface area contributed by atoms with Crippen molar-refractivity contribution >= 4 is 25.0 Å². The van der Waals surface area contributed by atoms with Crippen molar-refractivity contribution in [2.75, 3.05) is 6.61 Å². The Morgan fingerprint density at radius 1 is 1.00 bits per heavy atom. The molecule has 0 saturated heterocycles. The molecule has 168 valence electrons. The zero-order valence-electron chi connectivity index (χ0n) is 20.4. The van der Waals surface area contributed by atoms with E-state index in [4.69, 9.17) is 4.43 Å². The van der Waals surface area contributed by atoms with Crippen molar-refractivity contribution in [3.8, 4) is 0 Å². The number of rotatable bonds is 7. The Balaban J connectivity index is 2.02. The van der Waals surface area contributed by atoms with Crippen molar-refractivity contribution in [2.24, 2.45) is 22.7 Å². The van der Waals surface area contributed by atoms with Crippen LogP contribution in [0.15, 0.2) is 60.7 Å². The van der Waals surface area contributed by atoms with Gasteiger partial charge in [0, 0.05) is 12.5 Å². The van der Waals surface area contributed by atoms with Crippen LogP contribution < -0.4 is 10.4 Å². The Morgan fingerprint density at radius 2 is 1.48 bits per heavy atom. The van der Waals surface area contributed by atoms with E-state index in [1.807, 2.05) is 0 Å². The summed E-state index contributed by atoms with van der Waals surface area (Å²) >= 11 is 0. The number of hydrogen-bond acceptors (Lipinski definition) is 2. The van der Waals surface area contributed by atoms with Crippen LogP contribution in [0.25, 0.3) is 0 Å². The predicted octanol–water partition coefficient (Wildman–Crippen LogP) is 5.84. The highest BCUT2D eigenvalue weighted by Crippen LogP contribution is 2.59. The minimum Gasteiger partial charge on any atom is -0.407 e. The number of carbonyl (C=O) groups is 1. The summed E-state index contributed by atoms with van der Waals surface area (Å²) in [5.74, 6) is 0.488. The molecule has 0 aromatic heterocycles. The van der Waals surface area contributed by atoms with Crippen molar-refractivity contribution in [1.82, 2.24) is 0 Å². The predicted molar refractivity (Wildman–Crippen MR) is 133 cm³/mol. The maximum Gasteiger partial charge on any atom is 0.261 e. The fourth-order valence-electron chi connectivity index (χ4n) is 5.87. The Labute approximate surface area is 190 Å². The minimum absolute atomic E-state index is 0.00815. The van der Waals surface area contributed by atoms with Gasteiger partial charge in [-0.25, -0.2) is 0 Å². The number of hydrogen-bond donors (Lipinski definition) is 0. The second-order valence-corrected chi connectivity index (χ2v) is 15.6. The van der Waals surface area contributed by atoms with E-state index in [-0.39, 0.29) is 21.8 Å². The lowest BCUT2D eigenvalue weighted by Crippen LogP contribution is -2.67. The van der Waals surface area contributed by atoms with E-state index >= 15 is 0 Å². The van der Waals surface area contributed by atoms with Crippen LogP contribution in [0.5, 0.6) is 0 Å². The molecule has 1 aliphatic carbocycles. The summed E-state index contributed by atoms with van der Waals surface area (Å²) in [6.45, 7) is 16.8. The first-order chi connectivity index (χ1) is 14.5. The summed E-state index contributed by atoms with van der Waals surface area (Å²) < 4.78 is 7.24. The minimum atomic E-state index is -2.53. The highest BCUT2D eigenvalue weighted by molar-refractivity contribution is 6.99. The van der Waals surface area contributed by atoms with Gasteiger partial charge in [0.1, 0.15) is 6.29 Å². The van der Waals surface area contributed by atoms with E-state index < -0.39 is 8.32 Å². The monoisotopic (exact) mass is 436 g/mol. The van der Waals surface area contributed by atoms with Crippen LogP contribution in [0.2, 0.25) is 5.04 Å². The molecule has 2 aromatic rings. The topological polar surface area (TPSA) is 26.3 Å². The zero-order chi connectivity index (χ0) is 22.9. The van der Waals surface area contributed by atoms with Crippen LogP contribution in [0, 0.1) is 22.7 Å². The second kappa shape index (κ2) is 8.67. The first-order valence-electron chi connectivity index (χ1n) is 11.7. The summed E-state index contributed by atoms with van der Waals surface area (Å²) in [6, 6.07) is 21.7. The maximum atomic E-state index is 11.7. The molecule has 31 heavy (non-hydrogen) atoms. The van der Waals surface area contributed by atoms with Gasteiger partial charge in [-0.1, -0.05) is 109 Å². The molecule has 0 spiro atoms. The van der Waals surface area contributed by atoms with Gasteiger partial charge < -0.3 is 9.22 Å². The molecule has 0 radical (unpaired) electrons. The SMILES string of the molecule is C[C@@H](C=O)[C@@]1(C)CC[C@@H](CO[Si](c2ccccc2)(c2ccccc2)C(C)(C)C)C1(C)C. The molecule has 3 atom stereocenters. The van der Waals surface area contributed by atoms with Crippen LogP contribution in [-0.4, -0.2) is 21.2 Å². The van der Waals surface area contributed by atoms with Gasteiger partial charge in [0.15, 0.2) is 0 Å². The molecule has 0 unspecified atom stereocenters. The maximum absolute atomic E-state index is 11.7. The van der Waals surface area contributed by atoms with Gasteiger partial charge in [0.2, 0.25) is 0 Å². The van der Waals surface area contributed by atoms with Crippen LogP contribution in [-0.2, 0) is 9.22 Å². The third-order valence-corrected chi connectivity index (χ3v) is 13.6. The highest BCUT2D eigenvalue weighted by atomic mass is 28.4. The normalized spacial score (nSPS) is 24.7. The summed E-state index contributed by atoms with van der Waals surface area (Å²) in [7, 11) is -2.53. The second-order valence-electron chi connectivity index (χ2n) is 11.3. The third-order valence-electron chi connectivity index (χ3n) is 8.63. The van der Waals surface area contributed by atoms with Crippen LogP contribution >= 0.6 is 0 Å². The van der Waals surface area contributed by atoms with E-state index in [0.29, 0.717) is 5.92 Å². The highest BCUT2D eigenvalue weighted by Gasteiger charge is 2.56. The van der Waals surface area contributed by atoms with Crippen molar-refractivity contribution in [3.63, 3.8) is 0 Å². The molecule has 2 nitrogen and oxygen atoms in total. The summed E-state index contributed by atoms with van der Waals surface area (Å²) in [6.07, 6.45) is 3.34. The fraction of sp³-hybridized carbons (Fsp3) is 0.536. The largest absolute Gasteiger partial charge is 0.407 e. The molecule has 0 aliphatic heterocycles. The first-order valence-corrected chi connectivity index (χ1v) is 13.6. The molecule has 0 amide bonds. The zero-order valence-corrected chi connectivity index (χ0v) is 21.4. The molecule has 1 saturated carbocycles. The Bertz CT molecular complexity index is 829. The lowest BCUT2D eigenvalue weighted by Gasteiger charge is -2.47. The van der Waals surface area contributed by atoms with Crippen molar-refractivity contribution in [3.05, 3.63) is 60.7 Å². The Morgan fingerprint density at radius 3 is 1.90 bits per heavy atom. The number of carbonyl (C=O) groups excluding carboxylic acids is 1. The van der Waals surface area contributed by atoms with E-state index in [1.165, 1.54) is 10.4 Å². The molecular weight excluding hydrogens is 396 g/mol. The average molecular weight is 437 g/mol. The first kappa shape index (κ1) is 23.9. The lowest BCUT2D eigenvalue weighted by atomic mass is 9.60. The van der Waals surface area contributed by atoms with Gasteiger partial charge in [-0.15, -0.1) is 0 Å². The van der Waals surface area contributed by atoms with E-state index in [1.54, 1.807) is 0 Å². The van der Waals surface area contributed by atoms with Crippen molar-refractivity contribution in [2.45, 2.75) is 66.3 Å². The molecule has 3 rings (SSSR count). The molecule has 2 aromatic carbocycles. The van der Waals surface area contributed by atoms with E-state index in [2.05, 4.69) is 109 Å². The average Bonchev–Trinajstić information content (AvgIpc) is 2.98. The van der Waals surface area contributed by atoms with Gasteiger partial charge >= 0.3 is 0 Å². The molecular formula is C28H40O2Si. The molecule has 0 bridgehead atoms. The van der Waals surface area contributed by atoms with Crippen LogP contribution in [0.3, 0.4) is 0 Å². The van der Waals surface area contributed by atoms with E-state index in [0.717, 1.165) is 25.7 Å². The number of aldehydes is 1. The summed E-state index contributed by atoms with van der Waals surface area (Å²) in [4.78, 5) is 11.7. The number of benzene rings is 2. The lowest BCUT2D eigenvalue weighted by molar-refractivity contribution is -0.117. The molecule has 1 fully saturated rings. The third kappa shape index (κ3) is 3.96. The summed E-state index contributed by atoms with van der Waals surface area (Å²) in [5, 5.41) is 2.64. The Kier molecular flexibility index (Phi) is 6.70. The van der Waals surface area contributed by atoms with Gasteiger partial charge in [0.05, 0.1) is 0 Å². The quantitative estimate of drug-likeness (QED) is 0.402. The van der Waals surface area contributed by atoms with Gasteiger partial charge in [0.25, 0.3) is 8.32 Å². The molecule has 1 aliphatic rings. The Hall–Kier alpha value is -1.71. The standard InChI is InChI=1S/C28H40O2Si/c1-22(20-29)28(7)19-18-23(27(28,5)6)21-30-31(26(2,3)4,24-14-10-8-11-15-24)25-16-12-9-13-17-25/h8-17,20,22-23H,18-19,21H2,1-7H3/t22-,23-,28+/m0/s1.